The third kappa shape index (κ3) is 4.93. The Labute approximate surface area is 211 Å². The standard InChI is InChI=1S/C24H25F3N6O3S/c1-31-10-12-32(13-11-31)17-8-6-16(7-9-17)23(34)28-22-18-14-33(15-20(18)29-30-22)37(35,36)21-5-3-2-4-19(21)24(25,26)27/h2-9H,10-15H2,1H3,(H2,28,29,30,34). The average molecular weight is 535 g/mol. The number of H-pyrrole nitrogens is 1. The monoisotopic (exact) mass is 534 g/mol. The summed E-state index contributed by atoms with van der Waals surface area (Å²) in [6.45, 7) is 3.30. The van der Waals surface area contributed by atoms with E-state index in [2.05, 4.69) is 32.4 Å². The number of alkyl halides is 3. The lowest BCUT2D eigenvalue weighted by Gasteiger charge is -2.34. The van der Waals surface area contributed by atoms with Crippen molar-refractivity contribution in [3.63, 3.8) is 0 Å². The molecule has 2 N–H and O–H groups in total. The van der Waals surface area contributed by atoms with E-state index < -0.39 is 32.6 Å². The second kappa shape index (κ2) is 9.47. The highest BCUT2D eigenvalue weighted by atomic mass is 32.2. The first kappa shape index (κ1) is 25.2. The number of nitrogens with zero attached hydrogens (tertiary/aromatic N) is 4. The van der Waals surface area contributed by atoms with Crippen LogP contribution in [0.2, 0.25) is 0 Å². The zero-order chi connectivity index (χ0) is 26.4. The predicted molar refractivity (Wildman–Crippen MR) is 131 cm³/mol. The van der Waals surface area contributed by atoms with Crippen molar-refractivity contribution in [3.05, 3.63) is 70.9 Å². The zero-order valence-electron chi connectivity index (χ0n) is 19.9. The number of carbonyl (C=O) groups is 1. The van der Waals surface area contributed by atoms with E-state index in [1.54, 1.807) is 12.1 Å². The van der Waals surface area contributed by atoms with Gasteiger partial charge in [0.2, 0.25) is 10.0 Å². The van der Waals surface area contributed by atoms with Crippen LogP contribution in [0.5, 0.6) is 0 Å². The van der Waals surface area contributed by atoms with Crippen LogP contribution in [0.15, 0.2) is 53.4 Å². The van der Waals surface area contributed by atoms with Gasteiger partial charge in [0.15, 0.2) is 5.82 Å². The number of likely N-dealkylation sites (N-methyl/N-ethyl adjacent to an activating group) is 1. The Morgan fingerprint density at radius 1 is 1.00 bits per heavy atom. The first-order valence-corrected chi connectivity index (χ1v) is 13.1. The molecule has 9 nitrogen and oxygen atoms in total. The summed E-state index contributed by atoms with van der Waals surface area (Å²) in [5, 5.41) is 9.46. The number of hydrogen-bond acceptors (Lipinski definition) is 6. The number of fused-ring (bicyclic) bond motifs is 1. The van der Waals surface area contributed by atoms with Crippen molar-refractivity contribution in [2.75, 3.05) is 43.4 Å². The molecular formula is C24H25F3N6O3S. The average Bonchev–Trinajstić information content (AvgIpc) is 3.47. The van der Waals surface area contributed by atoms with Crippen molar-refractivity contribution in [2.24, 2.45) is 0 Å². The summed E-state index contributed by atoms with van der Waals surface area (Å²) in [4.78, 5) is 16.5. The summed E-state index contributed by atoms with van der Waals surface area (Å²) in [6.07, 6.45) is -4.82. The van der Waals surface area contributed by atoms with Gasteiger partial charge in [-0.25, -0.2) is 8.42 Å². The molecule has 0 atom stereocenters. The minimum absolute atomic E-state index is 0.143. The predicted octanol–water partition coefficient (Wildman–Crippen LogP) is 3.14. The number of piperazine rings is 1. The van der Waals surface area contributed by atoms with E-state index in [0.29, 0.717) is 16.8 Å². The van der Waals surface area contributed by atoms with Crippen molar-refractivity contribution in [1.82, 2.24) is 19.4 Å². The fourth-order valence-corrected chi connectivity index (χ4v) is 6.11. The van der Waals surface area contributed by atoms with Crippen LogP contribution >= 0.6 is 0 Å². The third-order valence-corrected chi connectivity index (χ3v) is 8.51. The Balaban J connectivity index is 1.29. The SMILES string of the molecule is CN1CCN(c2ccc(C(=O)Nc3n[nH]c4c3CN(S(=O)(=O)c3ccccc3C(F)(F)F)C4)cc2)CC1. The Bertz CT molecular complexity index is 1410. The van der Waals surface area contributed by atoms with Gasteiger partial charge in [-0.3, -0.25) is 9.89 Å². The van der Waals surface area contributed by atoms with E-state index in [4.69, 9.17) is 0 Å². The first-order chi connectivity index (χ1) is 17.5. The van der Waals surface area contributed by atoms with Gasteiger partial charge in [-0.2, -0.15) is 22.6 Å². The van der Waals surface area contributed by atoms with Crippen LogP contribution < -0.4 is 10.2 Å². The molecule has 0 spiro atoms. The minimum atomic E-state index is -4.82. The van der Waals surface area contributed by atoms with E-state index in [1.807, 2.05) is 12.1 Å². The molecule has 13 heteroatoms. The molecule has 3 heterocycles. The molecule has 2 aliphatic heterocycles. The second-order valence-electron chi connectivity index (χ2n) is 9.09. The molecule has 2 aromatic carbocycles. The molecule has 196 valence electrons. The Kier molecular flexibility index (Phi) is 6.46. The number of rotatable bonds is 5. The number of aromatic nitrogens is 2. The lowest BCUT2D eigenvalue weighted by atomic mass is 10.1. The van der Waals surface area contributed by atoms with E-state index in [-0.39, 0.29) is 18.9 Å². The van der Waals surface area contributed by atoms with E-state index in [9.17, 15) is 26.4 Å². The van der Waals surface area contributed by atoms with Crippen LogP contribution in [-0.4, -0.2) is 67.0 Å². The third-order valence-electron chi connectivity index (χ3n) is 6.66. The minimum Gasteiger partial charge on any atom is -0.369 e. The summed E-state index contributed by atoms with van der Waals surface area (Å²) in [6, 6.07) is 11.2. The smallest absolute Gasteiger partial charge is 0.369 e. The number of anilines is 2. The van der Waals surface area contributed by atoms with Crippen LogP contribution in [0.4, 0.5) is 24.7 Å². The summed E-state index contributed by atoms with van der Waals surface area (Å²) in [5.41, 5.74) is 1.02. The number of carbonyl (C=O) groups excluding carboxylic acids is 1. The number of hydrogen-bond donors (Lipinski definition) is 2. The molecule has 37 heavy (non-hydrogen) atoms. The van der Waals surface area contributed by atoms with E-state index >= 15 is 0 Å². The van der Waals surface area contributed by atoms with Crippen molar-refractivity contribution in [2.45, 2.75) is 24.2 Å². The number of nitrogens with one attached hydrogen (secondary N) is 2. The highest BCUT2D eigenvalue weighted by Gasteiger charge is 2.41. The summed E-state index contributed by atoms with van der Waals surface area (Å²) in [5.74, 6) is -0.284. The van der Waals surface area contributed by atoms with Crippen LogP contribution in [0.1, 0.15) is 27.2 Å². The number of aromatic amines is 1. The van der Waals surface area contributed by atoms with Gasteiger partial charge in [-0.05, 0) is 43.4 Å². The Hall–Kier alpha value is -3.42. The molecular weight excluding hydrogens is 509 g/mol. The van der Waals surface area contributed by atoms with Gasteiger partial charge in [0.25, 0.3) is 5.91 Å². The molecule has 0 saturated carbocycles. The van der Waals surface area contributed by atoms with Gasteiger partial charge in [0, 0.05) is 49.5 Å². The fourth-order valence-electron chi connectivity index (χ4n) is 4.52. The van der Waals surface area contributed by atoms with Gasteiger partial charge < -0.3 is 15.1 Å². The van der Waals surface area contributed by atoms with Gasteiger partial charge in [0.05, 0.1) is 22.7 Å². The molecule has 1 aromatic heterocycles. The maximum Gasteiger partial charge on any atom is 0.417 e. The quantitative estimate of drug-likeness (QED) is 0.522. The lowest BCUT2D eigenvalue weighted by molar-refractivity contribution is -0.139. The van der Waals surface area contributed by atoms with Crippen LogP contribution in [0.3, 0.4) is 0 Å². The zero-order valence-corrected chi connectivity index (χ0v) is 20.7. The molecule has 3 aromatic rings. The topological polar surface area (TPSA) is 102 Å². The largest absolute Gasteiger partial charge is 0.417 e. The molecule has 1 amide bonds. The Morgan fingerprint density at radius 2 is 1.68 bits per heavy atom. The lowest BCUT2D eigenvalue weighted by Crippen LogP contribution is -2.44. The molecule has 0 aliphatic carbocycles. The molecule has 0 bridgehead atoms. The number of sulfonamides is 1. The number of benzene rings is 2. The fraction of sp³-hybridized carbons (Fsp3) is 0.333. The highest BCUT2D eigenvalue weighted by Crippen LogP contribution is 2.38. The molecule has 0 radical (unpaired) electrons. The summed E-state index contributed by atoms with van der Waals surface area (Å²) >= 11 is 0. The van der Waals surface area contributed by atoms with Gasteiger partial charge in [-0.1, -0.05) is 12.1 Å². The van der Waals surface area contributed by atoms with Crippen molar-refractivity contribution >= 4 is 27.4 Å². The number of halogens is 3. The second-order valence-corrected chi connectivity index (χ2v) is 11.0. The van der Waals surface area contributed by atoms with Gasteiger partial charge >= 0.3 is 6.18 Å². The maximum atomic E-state index is 13.4. The molecule has 0 unspecified atom stereocenters. The molecule has 1 fully saturated rings. The number of amides is 1. The summed E-state index contributed by atoms with van der Waals surface area (Å²) < 4.78 is 67.4. The van der Waals surface area contributed by atoms with E-state index in [1.165, 1.54) is 6.07 Å². The first-order valence-electron chi connectivity index (χ1n) is 11.6. The van der Waals surface area contributed by atoms with Crippen LogP contribution in [-0.2, 0) is 29.3 Å². The van der Waals surface area contributed by atoms with Crippen molar-refractivity contribution in [3.8, 4) is 0 Å². The maximum absolute atomic E-state index is 13.4. The molecule has 5 rings (SSSR count). The molecule has 2 aliphatic rings. The van der Waals surface area contributed by atoms with E-state index in [0.717, 1.165) is 54.4 Å². The van der Waals surface area contributed by atoms with Crippen LogP contribution in [0, 0.1) is 0 Å². The van der Waals surface area contributed by atoms with Crippen molar-refractivity contribution < 1.29 is 26.4 Å². The van der Waals surface area contributed by atoms with Crippen molar-refractivity contribution in [1.29, 1.82) is 0 Å². The van der Waals surface area contributed by atoms with Gasteiger partial charge in [0.1, 0.15) is 0 Å². The van der Waals surface area contributed by atoms with Gasteiger partial charge in [-0.15, -0.1) is 0 Å². The summed E-state index contributed by atoms with van der Waals surface area (Å²) in [7, 11) is -2.39. The van der Waals surface area contributed by atoms with Crippen LogP contribution in [0.25, 0.3) is 0 Å². The molecule has 1 saturated heterocycles. The normalized spacial score (nSPS) is 17.1. The highest BCUT2D eigenvalue weighted by molar-refractivity contribution is 7.89. The Morgan fingerprint density at radius 3 is 2.35 bits per heavy atom.